The molecule has 6 heteroatoms. The molecule has 1 aromatic carbocycles. The number of nitrogens with one attached hydrogen (secondary N) is 1. The van der Waals surface area contributed by atoms with Crippen molar-refractivity contribution in [2.75, 3.05) is 5.32 Å². The van der Waals surface area contributed by atoms with Gasteiger partial charge in [-0.25, -0.2) is 0 Å². The van der Waals surface area contributed by atoms with E-state index in [1.165, 1.54) is 0 Å². The summed E-state index contributed by atoms with van der Waals surface area (Å²) in [6.07, 6.45) is 0.556. The number of benzene rings is 1. The summed E-state index contributed by atoms with van der Waals surface area (Å²) in [5, 5.41) is 11.3. The molecule has 0 aliphatic carbocycles. The fourth-order valence-electron chi connectivity index (χ4n) is 1.64. The first-order valence-electron chi connectivity index (χ1n) is 5.92. The van der Waals surface area contributed by atoms with Crippen LogP contribution in [0.1, 0.15) is 22.5 Å². The molecule has 0 spiro atoms. The van der Waals surface area contributed by atoms with E-state index in [-0.39, 0.29) is 18.1 Å². The van der Waals surface area contributed by atoms with Crippen LogP contribution in [0.2, 0.25) is 0 Å². The summed E-state index contributed by atoms with van der Waals surface area (Å²) < 4.78 is 5.64. The maximum atomic E-state index is 11.8. The highest BCUT2D eigenvalue weighted by molar-refractivity contribution is 9.10. The van der Waals surface area contributed by atoms with Gasteiger partial charge in [-0.2, -0.15) is 0 Å². The van der Waals surface area contributed by atoms with Gasteiger partial charge in [0.25, 0.3) is 5.91 Å². The zero-order valence-corrected chi connectivity index (χ0v) is 12.0. The third-order valence-corrected chi connectivity index (χ3v) is 3.06. The topological polar surface area (TPSA) is 79.5 Å². The summed E-state index contributed by atoms with van der Waals surface area (Å²) in [7, 11) is 0. The minimum absolute atomic E-state index is 0.0894. The predicted octanol–water partition coefficient (Wildman–Crippen LogP) is 3.31. The summed E-state index contributed by atoms with van der Waals surface area (Å²) in [4.78, 5) is 22.3. The molecular formula is C14H12BrNO4. The van der Waals surface area contributed by atoms with Gasteiger partial charge < -0.3 is 14.8 Å². The van der Waals surface area contributed by atoms with E-state index in [4.69, 9.17) is 9.52 Å². The molecule has 2 rings (SSSR count). The quantitative estimate of drug-likeness (QED) is 0.877. The van der Waals surface area contributed by atoms with Crippen molar-refractivity contribution in [2.45, 2.75) is 12.8 Å². The van der Waals surface area contributed by atoms with Gasteiger partial charge in [-0.05, 0) is 52.2 Å². The lowest BCUT2D eigenvalue weighted by molar-refractivity contribution is -0.136. The second kappa shape index (κ2) is 6.38. The molecule has 1 amide bonds. The molecule has 0 bridgehead atoms. The Hall–Kier alpha value is -2.08. The first-order chi connectivity index (χ1) is 9.54. The number of halogens is 1. The minimum Gasteiger partial charge on any atom is -0.481 e. The predicted molar refractivity (Wildman–Crippen MR) is 76.8 cm³/mol. The first kappa shape index (κ1) is 14.3. The number of carboxylic acid groups (broad SMARTS) is 1. The average molecular weight is 338 g/mol. The Balaban J connectivity index is 1.96. The molecule has 104 valence electrons. The molecule has 20 heavy (non-hydrogen) atoms. The molecule has 0 aliphatic heterocycles. The second-order valence-electron chi connectivity index (χ2n) is 4.15. The number of rotatable bonds is 5. The molecule has 1 heterocycles. The van der Waals surface area contributed by atoms with Crippen molar-refractivity contribution in [1.29, 1.82) is 0 Å². The molecule has 0 fully saturated rings. The summed E-state index contributed by atoms with van der Waals surface area (Å²) >= 11 is 3.13. The van der Waals surface area contributed by atoms with Crippen LogP contribution in [-0.2, 0) is 11.2 Å². The van der Waals surface area contributed by atoms with Gasteiger partial charge in [0, 0.05) is 12.1 Å². The Morgan fingerprint density at radius 1 is 1.15 bits per heavy atom. The van der Waals surface area contributed by atoms with Crippen LogP contribution in [0.25, 0.3) is 0 Å². The Morgan fingerprint density at radius 3 is 2.40 bits per heavy atom. The second-order valence-corrected chi connectivity index (χ2v) is 4.93. The molecule has 0 saturated carbocycles. The number of hydrogen-bond donors (Lipinski definition) is 2. The first-order valence-corrected chi connectivity index (χ1v) is 6.71. The Morgan fingerprint density at radius 2 is 1.85 bits per heavy atom. The van der Waals surface area contributed by atoms with Gasteiger partial charge in [0.05, 0.1) is 0 Å². The highest BCUT2D eigenvalue weighted by Crippen LogP contribution is 2.16. The normalized spacial score (nSPS) is 10.2. The minimum atomic E-state index is -0.828. The van der Waals surface area contributed by atoms with Crippen molar-refractivity contribution >= 4 is 33.5 Å². The van der Waals surface area contributed by atoms with Gasteiger partial charge in [-0.3, -0.25) is 9.59 Å². The number of aliphatic carboxylic acids is 1. The molecule has 2 aromatic rings. The SMILES string of the molecule is O=C(O)CCc1ccc(NC(=O)c2ccc(Br)o2)cc1. The Labute approximate surface area is 123 Å². The smallest absolute Gasteiger partial charge is 0.303 e. The number of hydrogen-bond acceptors (Lipinski definition) is 3. The number of amides is 1. The monoisotopic (exact) mass is 337 g/mol. The summed E-state index contributed by atoms with van der Waals surface area (Å²) in [5.41, 5.74) is 1.53. The van der Waals surface area contributed by atoms with Crippen LogP contribution in [0.15, 0.2) is 45.5 Å². The van der Waals surface area contributed by atoms with E-state index in [9.17, 15) is 9.59 Å². The van der Waals surface area contributed by atoms with Gasteiger partial charge >= 0.3 is 5.97 Å². The lowest BCUT2D eigenvalue weighted by Gasteiger charge is -2.04. The van der Waals surface area contributed by atoms with Crippen LogP contribution >= 0.6 is 15.9 Å². The molecule has 0 saturated heterocycles. The van der Waals surface area contributed by atoms with E-state index in [0.29, 0.717) is 16.8 Å². The van der Waals surface area contributed by atoms with E-state index in [0.717, 1.165) is 5.56 Å². The van der Waals surface area contributed by atoms with E-state index in [2.05, 4.69) is 21.2 Å². The van der Waals surface area contributed by atoms with Crippen LogP contribution in [0.5, 0.6) is 0 Å². The van der Waals surface area contributed by atoms with E-state index >= 15 is 0 Å². The highest BCUT2D eigenvalue weighted by Gasteiger charge is 2.10. The van der Waals surface area contributed by atoms with Crippen LogP contribution in [0.4, 0.5) is 5.69 Å². The van der Waals surface area contributed by atoms with Crippen molar-refractivity contribution in [1.82, 2.24) is 0 Å². The molecule has 0 atom stereocenters. The lowest BCUT2D eigenvalue weighted by atomic mass is 10.1. The molecule has 0 radical (unpaired) electrons. The van der Waals surface area contributed by atoms with E-state index < -0.39 is 5.97 Å². The highest BCUT2D eigenvalue weighted by atomic mass is 79.9. The average Bonchev–Trinajstić information content (AvgIpc) is 2.85. The number of furan rings is 1. The van der Waals surface area contributed by atoms with Gasteiger partial charge in [0.15, 0.2) is 10.4 Å². The van der Waals surface area contributed by atoms with Gasteiger partial charge in [-0.1, -0.05) is 12.1 Å². The zero-order valence-electron chi connectivity index (χ0n) is 10.4. The van der Waals surface area contributed by atoms with Gasteiger partial charge in [0.1, 0.15) is 0 Å². The lowest BCUT2D eigenvalue weighted by Crippen LogP contribution is -2.10. The van der Waals surface area contributed by atoms with Crippen molar-refractivity contribution in [2.24, 2.45) is 0 Å². The summed E-state index contributed by atoms with van der Waals surface area (Å²) in [6.45, 7) is 0. The Kier molecular flexibility index (Phi) is 4.57. The number of carbonyl (C=O) groups excluding carboxylic acids is 1. The van der Waals surface area contributed by atoms with Crippen LogP contribution < -0.4 is 5.32 Å². The van der Waals surface area contributed by atoms with Crippen molar-refractivity contribution in [3.8, 4) is 0 Å². The van der Waals surface area contributed by atoms with E-state index in [1.807, 2.05) is 0 Å². The molecular weight excluding hydrogens is 326 g/mol. The molecule has 2 N–H and O–H groups in total. The fourth-order valence-corrected chi connectivity index (χ4v) is 1.94. The van der Waals surface area contributed by atoms with Gasteiger partial charge in [-0.15, -0.1) is 0 Å². The fraction of sp³-hybridized carbons (Fsp3) is 0.143. The van der Waals surface area contributed by atoms with Crippen molar-refractivity contribution in [3.63, 3.8) is 0 Å². The largest absolute Gasteiger partial charge is 0.481 e. The summed E-state index contributed by atoms with van der Waals surface area (Å²) in [6, 6.07) is 10.2. The molecule has 5 nitrogen and oxygen atoms in total. The Bertz CT molecular complexity index is 618. The number of carbonyl (C=O) groups is 2. The maximum absolute atomic E-state index is 11.8. The van der Waals surface area contributed by atoms with E-state index in [1.54, 1.807) is 36.4 Å². The van der Waals surface area contributed by atoms with Crippen LogP contribution in [0.3, 0.4) is 0 Å². The third kappa shape index (κ3) is 3.96. The van der Waals surface area contributed by atoms with Crippen LogP contribution in [-0.4, -0.2) is 17.0 Å². The number of aryl methyl sites for hydroxylation is 1. The summed E-state index contributed by atoms with van der Waals surface area (Å²) in [5.74, 6) is -0.952. The standard InChI is InChI=1S/C14H12BrNO4/c15-12-7-6-11(20-12)14(19)16-10-4-1-9(2-5-10)3-8-13(17)18/h1-2,4-7H,3,8H2,(H,16,19)(H,17,18). The van der Waals surface area contributed by atoms with Crippen molar-refractivity contribution in [3.05, 3.63) is 52.4 Å². The molecule has 0 aliphatic rings. The molecule has 0 unspecified atom stereocenters. The van der Waals surface area contributed by atoms with Gasteiger partial charge in [0.2, 0.25) is 0 Å². The molecule has 1 aromatic heterocycles. The van der Waals surface area contributed by atoms with Crippen LogP contribution in [0, 0.1) is 0 Å². The number of anilines is 1. The van der Waals surface area contributed by atoms with Crippen molar-refractivity contribution < 1.29 is 19.1 Å². The maximum Gasteiger partial charge on any atom is 0.303 e. The zero-order chi connectivity index (χ0) is 14.5. The third-order valence-electron chi connectivity index (χ3n) is 2.64. The number of carboxylic acids is 1.